The van der Waals surface area contributed by atoms with Crippen LogP contribution in [0, 0.1) is 10.1 Å². The fraction of sp³-hybridized carbons (Fsp3) is 0.429. The number of non-ortho nitro benzene ring substituents is 1. The first-order chi connectivity index (χ1) is 14.9. The maximum absolute atomic E-state index is 12.7. The second-order valence-electron chi connectivity index (χ2n) is 6.56. The van der Waals surface area contributed by atoms with Gasteiger partial charge in [0.05, 0.1) is 24.7 Å². The summed E-state index contributed by atoms with van der Waals surface area (Å²) in [6, 6.07) is 5.00. The van der Waals surface area contributed by atoms with E-state index in [-0.39, 0.29) is 31.1 Å². The number of nitrogens with zero attached hydrogens (tertiary/aromatic N) is 2. The zero-order chi connectivity index (χ0) is 22.8. The van der Waals surface area contributed by atoms with Crippen molar-refractivity contribution in [2.75, 3.05) is 26.4 Å². The summed E-state index contributed by atoms with van der Waals surface area (Å²) in [6.07, 6.45) is 3.64. The molecule has 0 aromatic heterocycles. The number of nitrogens with two attached hydrogens (primary N) is 1. The Morgan fingerprint density at radius 2 is 1.97 bits per heavy atom. The Hall–Kier alpha value is -3.40. The molecule has 0 saturated carbocycles. The maximum atomic E-state index is 12.7. The van der Waals surface area contributed by atoms with Gasteiger partial charge in [-0.3, -0.25) is 10.1 Å². The van der Waals surface area contributed by atoms with E-state index in [0.29, 0.717) is 30.9 Å². The van der Waals surface area contributed by atoms with Gasteiger partial charge in [-0.2, -0.15) is 0 Å². The van der Waals surface area contributed by atoms with Crippen molar-refractivity contribution in [3.63, 3.8) is 0 Å². The summed E-state index contributed by atoms with van der Waals surface area (Å²) in [7, 11) is 0. The molecule has 1 aromatic rings. The van der Waals surface area contributed by atoms with Crippen LogP contribution in [0.25, 0.3) is 0 Å². The van der Waals surface area contributed by atoms with Gasteiger partial charge in [-0.1, -0.05) is 12.1 Å². The molecule has 0 fully saturated rings. The molecule has 1 atom stereocenters. The molecule has 0 amide bonds. The van der Waals surface area contributed by atoms with Crippen LogP contribution < -0.4 is 5.73 Å². The van der Waals surface area contributed by atoms with Crippen LogP contribution in [0.3, 0.4) is 0 Å². The quantitative estimate of drug-likeness (QED) is 0.241. The predicted molar refractivity (Wildman–Crippen MR) is 111 cm³/mol. The molecule has 10 heteroatoms. The van der Waals surface area contributed by atoms with Gasteiger partial charge >= 0.3 is 11.9 Å². The van der Waals surface area contributed by atoms with Crippen LogP contribution in [0.15, 0.2) is 47.9 Å². The highest BCUT2D eigenvalue weighted by Gasteiger charge is 2.35. The van der Waals surface area contributed by atoms with Crippen molar-refractivity contribution in [3.05, 3.63) is 63.6 Å². The first-order valence-corrected chi connectivity index (χ1v) is 10.0. The van der Waals surface area contributed by atoms with Gasteiger partial charge in [-0.05, 0) is 38.5 Å². The smallest absolute Gasteiger partial charge is 0.354 e. The number of ether oxygens (including phenoxy) is 3. The van der Waals surface area contributed by atoms with Crippen LogP contribution in [-0.4, -0.2) is 54.2 Å². The lowest BCUT2D eigenvalue weighted by atomic mass is 10.1. The summed E-state index contributed by atoms with van der Waals surface area (Å²) in [5.74, 6) is -0.900. The molecular formula is C21H27N3O7. The molecule has 2 rings (SSSR count). The molecule has 0 saturated heterocycles. The van der Waals surface area contributed by atoms with Crippen LogP contribution in [-0.2, 0) is 30.3 Å². The van der Waals surface area contributed by atoms with Crippen molar-refractivity contribution in [1.82, 2.24) is 4.90 Å². The molecule has 1 aliphatic rings. The summed E-state index contributed by atoms with van der Waals surface area (Å²) in [6.45, 7) is 4.42. The SMILES string of the molecule is CCOC(=O)C1=CC(OCCCN)=CC(C(=O)OCC)N1Cc1cccc([N+](=O)[O-])c1. The molecule has 2 N–H and O–H groups in total. The van der Waals surface area contributed by atoms with E-state index >= 15 is 0 Å². The van der Waals surface area contributed by atoms with Crippen LogP contribution in [0.4, 0.5) is 5.69 Å². The average molecular weight is 433 g/mol. The fourth-order valence-electron chi connectivity index (χ4n) is 2.98. The summed E-state index contributed by atoms with van der Waals surface area (Å²) >= 11 is 0. The standard InChI is InChI=1S/C21H27N3O7/c1-3-29-20(25)18-12-17(31-10-6-9-22)13-19(21(26)30-4-2)23(18)14-15-7-5-8-16(11-15)24(27)28/h5,7-8,11-13,18H,3-4,6,9-10,14,22H2,1-2H3. The molecule has 1 heterocycles. The van der Waals surface area contributed by atoms with Gasteiger partial charge in [-0.15, -0.1) is 0 Å². The van der Waals surface area contributed by atoms with E-state index in [2.05, 4.69) is 0 Å². The molecule has 0 aliphatic carbocycles. The highest BCUT2D eigenvalue weighted by molar-refractivity contribution is 5.91. The number of nitro benzene ring substituents is 1. The molecule has 10 nitrogen and oxygen atoms in total. The van der Waals surface area contributed by atoms with Gasteiger partial charge in [0.25, 0.3) is 5.69 Å². The van der Waals surface area contributed by atoms with Gasteiger partial charge in [0, 0.05) is 24.8 Å². The van der Waals surface area contributed by atoms with Crippen molar-refractivity contribution in [1.29, 1.82) is 0 Å². The third-order valence-corrected chi connectivity index (χ3v) is 4.35. The largest absolute Gasteiger partial charge is 0.494 e. The third kappa shape index (κ3) is 6.54. The summed E-state index contributed by atoms with van der Waals surface area (Å²) < 4.78 is 16.0. The first kappa shape index (κ1) is 23.9. The van der Waals surface area contributed by atoms with Crippen molar-refractivity contribution in [3.8, 4) is 0 Å². The normalized spacial score (nSPS) is 15.6. The molecular weight excluding hydrogens is 406 g/mol. The van der Waals surface area contributed by atoms with Crippen LogP contribution in [0.2, 0.25) is 0 Å². The second-order valence-corrected chi connectivity index (χ2v) is 6.56. The van der Waals surface area contributed by atoms with E-state index < -0.39 is 22.9 Å². The van der Waals surface area contributed by atoms with Crippen LogP contribution in [0.5, 0.6) is 0 Å². The van der Waals surface area contributed by atoms with Gasteiger partial charge in [0.15, 0.2) is 6.04 Å². The molecule has 1 aliphatic heterocycles. The highest BCUT2D eigenvalue weighted by atomic mass is 16.6. The van der Waals surface area contributed by atoms with Gasteiger partial charge in [0.2, 0.25) is 0 Å². The predicted octanol–water partition coefficient (Wildman–Crippen LogP) is 2.04. The highest BCUT2D eigenvalue weighted by Crippen LogP contribution is 2.27. The molecule has 0 bridgehead atoms. The number of allylic oxidation sites excluding steroid dienone is 1. The zero-order valence-corrected chi connectivity index (χ0v) is 17.6. The van der Waals surface area contributed by atoms with E-state index in [9.17, 15) is 19.7 Å². The van der Waals surface area contributed by atoms with Crippen molar-refractivity contribution < 1.29 is 28.7 Å². The Balaban J connectivity index is 2.44. The minimum Gasteiger partial charge on any atom is -0.494 e. The van der Waals surface area contributed by atoms with E-state index in [1.54, 1.807) is 32.1 Å². The minimum absolute atomic E-state index is 0.0440. The summed E-state index contributed by atoms with van der Waals surface area (Å²) in [5.41, 5.74) is 6.04. The van der Waals surface area contributed by atoms with Crippen LogP contribution in [0.1, 0.15) is 25.8 Å². The number of rotatable bonds is 11. The Morgan fingerprint density at radius 3 is 2.61 bits per heavy atom. The van der Waals surface area contributed by atoms with E-state index in [4.69, 9.17) is 19.9 Å². The Morgan fingerprint density at radius 1 is 1.23 bits per heavy atom. The van der Waals surface area contributed by atoms with E-state index in [1.807, 2.05) is 0 Å². The number of carbonyl (C=O) groups excluding carboxylic acids is 2. The number of esters is 2. The summed E-state index contributed by atoms with van der Waals surface area (Å²) in [5, 5.41) is 11.1. The molecule has 1 aromatic carbocycles. The lowest BCUT2D eigenvalue weighted by Gasteiger charge is -2.34. The van der Waals surface area contributed by atoms with Crippen LogP contribution >= 0.6 is 0 Å². The maximum Gasteiger partial charge on any atom is 0.354 e. The number of hydrogen-bond donors (Lipinski definition) is 1. The number of benzene rings is 1. The summed E-state index contributed by atoms with van der Waals surface area (Å²) in [4.78, 5) is 37.5. The van der Waals surface area contributed by atoms with E-state index in [1.165, 1.54) is 23.1 Å². The molecule has 168 valence electrons. The topological polar surface area (TPSA) is 134 Å². The molecule has 1 unspecified atom stereocenters. The Bertz CT molecular complexity index is 866. The first-order valence-electron chi connectivity index (χ1n) is 10.0. The van der Waals surface area contributed by atoms with E-state index in [0.717, 1.165) is 0 Å². The Kier molecular flexibility index (Phi) is 9.01. The molecule has 31 heavy (non-hydrogen) atoms. The Labute approximate surface area is 180 Å². The van der Waals surface area contributed by atoms with Crippen molar-refractivity contribution in [2.45, 2.75) is 32.9 Å². The lowest BCUT2D eigenvalue weighted by Crippen LogP contribution is -2.44. The van der Waals surface area contributed by atoms with Crippen molar-refractivity contribution in [2.24, 2.45) is 5.73 Å². The number of nitro groups is 1. The fourth-order valence-corrected chi connectivity index (χ4v) is 2.98. The monoisotopic (exact) mass is 433 g/mol. The van der Waals surface area contributed by atoms with Crippen molar-refractivity contribution >= 4 is 17.6 Å². The van der Waals surface area contributed by atoms with Gasteiger partial charge in [-0.25, -0.2) is 9.59 Å². The lowest BCUT2D eigenvalue weighted by molar-refractivity contribution is -0.384. The minimum atomic E-state index is -0.975. The second kappa shape index (κ2) is 11.7. The number of carbonyl (C=O) groups is 2. The third-order valence-electron chi connectivity index (χ3n) is 4.35. The molecule has 0 radical (unpaired) electrons. The van der Waals surface area contributed by atoms with Gasteiger partial charge in [0.1, 0.15) is 11.5 Å². The number of hydrogen-bond acceptors (Lipinski definition) is 9. The zero-order valence-electron chi connectivity index (χ0n) is 17.6. The average Bonchev–Trinajstić information content (AvgIpc) is 2.75. The van der Waals surface area contributed by atoms with Gasteiger partial charge < -0.3 is 24.8 Å². The molecule has 0 spiro atoms.